The Bertz CT molecular complexity index is 1470. The van der Waals surface area contributed by atoms with Crippen LogP contribution in [-0.2, 0) is 9.53 Å². The van der Waals surface area contributed by atoms with E-state index < -0.39 is 17.9 Å². The fourth-order valence-electron chi connectivity index (χ4n) is 6.34. The van der Waals surface area contributed by atoms with Crippen LogP contribution in [-0.4, -0.2) is 79.6 Å². The van der Waals surface area contributed by atoms with E-state index in [0.717, 1.165) is 16.7 Å². The van der Waals surface area contributed by atoms with Gasteiger partial charge >= 0.3 is 5.97 Å². The summed E-state index contributed by atoms with van der Waals surface area (Å²) in [5.41, 5.74) is 2.76. The van der Waals surface area contributed by atoms with Gasteiger partial charge in [-0.25, -0.2) is 4.68 Å². The van der Waals surface area contributed by atoms with Gasteiger partial charge in [0.15, 0.2) is 28.7 Å². The number of cyclic esters (lactones) is 1. The molecule has 0 bridgehead atoms. The van der Waals surface area contributed by atoms with Gasteiger partial charge in [0.2, 0.25) is 12.5 Å². The van der Waals surface area contributed by atoms with Gasteiger partial charge < -0.3 is 33.3 Å². The van der Waals surface area contributed by atoms with Crippen LogP contribution >= 0.6 is 0 Å². The topological polar surface area (TPSA) is 123 Å². The predicted octanol–water partition coefficient (Wildman–Crippen LogP) is 3.04. The fraction of sp³-hybridized carbons (Fsp3) is 0.448. The number of esters is 1. The molecule has 0 radical (unpaired) electrons. The first-order valence-electron chi connectivity index (χ1n) is 13.5. The highest BCUT2D eigenvalue weighted by atomic mass is 16.7. The minimum atomic E-state index is -0.568. The fourth-order valence-corrected chi connectivity index (χ4v) is 6.34. The number of hydrogen-bond donors (Lipinski definition) is 0. The lowest BCUT2D eigenvalue weighted by atomic mass is 9.65. The molecule has 12 nitrogen and oxygen atoms in total. The van der Waals surface area contributed by atoms with Crippen molar-refractivity contribution >= 4 is 11.9 Å². The lowest BCUT2D eigenvalue weighted by Gasteiger charge is -2.39. The molecule has 1 amide bonds. The van der Waals surface area contributed by atoms with Crippen molar-refractivity contribution in [3.05, 3.63) is 52.8 Å². The Hall–Kier alpha value is -4.48. The molecule has 0 spiro atoms. The van der Waals surface area contributed by atoms with Crippen molar-refractivity contribution in [2.75, 3.05) is 47.8 Å². The average molecular weight is 565 g/mol. The van der Waals surface area contributed by atoms with Crippen LogP contribution in [0.15, 0.2) is 30.5 Å². The van der Waals surface area contributed by atoms with Crippen molar-refractivity contribution in [2.45, 2.75) is 25.8 Å². The second-order valence-corrected chi connectivity index (χ2v) is 10.1. The van der Waals surface area contributed by atoms with Gasteiger partial charge in [0, 0.05) is 24.9 Å². The smallest absolute Gasteiger partial charge is 0.310 e. The lowest BCUT2D eigenvalue weighted by Crippen LogP contribution is -2.37. The Morgan fingerprint density at radius 3 is 2.24 bits per heavy atom. The number of carbonyl (C=O) groups excluding carboxylic acids is 2. The number of carbonyl (C=O) groups is 2. The summed E-state index contributed by atoms with van der Waals surface area (Å²) >= 11 is 0. The first-order valence-corrected chi connectivity index (χ1v) is 13.5. The number of nitrogens with zero attached hydrogens (tertiary/aromatic N) is 4. The van der Waals surface area contributed by atoms with Gasteiger partial charge in [-0.3, -0.25) is 9.59 Å². The molecule has 0 unspecified atom stereocenters. The second kappa shape index (κ2) is 10.5. The summed E-state index contributed by atoms with van der Waals surface area (Å²) in [6.45, 7) is 5.23. The Morgan fingerprint density at radius 2 is 1.63 bits per heavy atom. The zero-order valence-electron chi connectivity index (χ0n) is 23.6. The molecule has 3 aromatic rings. The maximum Gasteiger partial charge on any atom is 0.310 e. The van der Waals surface area contributed by atoms with Gasteiger partial charge in [0.05, 0.1) is 46.1 Å². The third-order valence-corrected chi connectivity index (χ3v) is 8.26. The molecule has 0 saturated carbocycles. The molecule has 6 rings (SSSR count). The van der Waals surface area contributed by atoms with Crippen molar-refractivity contribution in [3.63, 3.8) is 0 Å². The molecular weight excluding hydrogens is 532 g/mol. The van der Waals surface area contributed by atoms with Crippen molar-refractivity contribution in [2.24, 2.45) is 11.8 Å². The molecule has 1 aliphatic carbocycles. The van der Waals surface area contributed by atoms with E-state index in [2.05, 4.69) is 10.3 Å². The minimum absolute atomic E-state index is 0.0957. The largest absolute Gasteiger partial charge is 0.493 e. The van der Waals surface area contributed by atoms with Crippen LogP contribution in [0.5, 0.6) is 28.7 Å². The molecule has 4 atom stereocenters. The summed E-state index contributed by atoms with van der Waals surface area (Å²) in [4.78, 5) is 28.2. The van der Waals surface area contributed by atoms with Gasteiger partial charge in [-0.05, 0) is 54.8 Å². The summed E-state index contributed by atoms with van der Waals surface area (Å²) in [6, 6.07) is 7.12. The molecule has 3 heterocycles. The normalized spacial score (nSPS) is 22.0. The van der Waals surface area contributed by atoms with Crippen molar-refractivity contribution in [3.8, 4) is 28.7 Å². The quantitative estimate of drug-likeness (QED) is 0.377. The van der Waals surface area contributed by atoms with E-state index in [1.165, 1.54) is 0 Å². The summed E-state index contributed by atoms with van der Waals surface area (Å²) in [7, 11) is 4.65. The molecule has 1 fully saturated rings. The van der Waals surface area contributed by atoms with Crippen LogP contribution in [0.2, 0.25) is 0 Å². The summed E-state index contributed by atoms with van der Waals surface area (Å²) in [5, 5.41) is 8.61. The summed E-state index contributed by atoms with van der Waals surface area (Å²) in [6.07, 6.45) is 1.65. The highest BCUT2D eigenvalue weighted by molar-refractivity contribution is 5.92. The van der Waals surface area contributed by atoms with Crippen molar-refractivity contribution < 1.29 is 38.0 Å². The maximum absolute atomic E-state index is 13.5. The van der Waals surface area contributed by atoms with Crippen molar-refractivity contribution in [1.82, 2.24) is 19.9 Å². The molecule has 0 N–H and O–H groups in total. The standard InChI is InChI=1S/C29H32N4O8/c1-6-32(7-2)28(34)19-12-33(31-30-19)26-17-11-21-20(40-14-41-21)10-16(17)24(25-18(26)13-39-29(25)35)15-8-22(36-3)27(38-5)23(9-15)37-4/h8-12,18,24-26H,6-7,13-14H2,1-5H3/t18-,24+,25-,26+/m0/s1. The zero-order chi connectivity index (χ0) is 28.8. The lowest BCUT2D eigenvalue weighted by molar-refractivity contribution is -0.141. The van der Waals surface area contributed by atoms with Crippen LogP contribution in [0.4, 0.5) is 0 Å². The highest BCUT2D eigenvalue weighted by Crippen LogP contribution is 2.56. The summed E-state index contributed by atoms with van der Waals surface area (Å²) < 4.78 is 35.7. The number of methoxy groups -OCH3 is 3. The number of fused-ring (bicyclic) bond motifs is 3. The van der Waals surface area contributed by atoms with Gasteiger partial charge in [-0.2, -0.15) is 0 Å². The average Bonchev–Trinajstić information content (AvgIpc) is 3.75. The van der Waals surface area contributed by atoms with E-state index in [9.17, 15) is 9.59 Å². The third kappa shape index (κ3) is 4.20. The van der Waals surface area contributed by atoms with Crippen LogP contribution in [0.3, 0.4) is 0 Å². The maximum atomic E-state index is 13.5. The number of benzene rings is 2. The van der Waals surface area contributed by atoms with Crippen LogP contribution in [0.1, 0.15) is 53.0 Å². The van der Waals surface area contributed by atoms with Gasteiger partial charge in [0.1, 0.15) is 0 Å². The molecule has 1 saturated heterocycles. The van der Waals surface area contributed by atoms with E-state index in [1.54, 1.807) is 37.1 Å². The van der Waals surface area contributed by atoms with E-state index in [4.69, 9.17) is 28.4 Å². The molecule has 3 aliphatic rings. The summed E-state index contributed by atoms with van der Waals surface area (Å²) in [5.74, 6) is 0.771. The van der Waals surface area contributed by atoms with Crippen molar-refractivity contribution in [1.29, 1.82) is 0 Å². The monoisotopic (exact) mass is 564 g/mol. The first kappa shape index (κ1) is 26.7. The Labute approximate surface area is 237 Å². The van der Waals surface area contributed by atoms with Crippen LogP contribution in [0.25, 0.3) is 0 Å². The number of amides is 1. The van der Waals surface area contributed by atoms with Gasteiger partial charge in [0.25, 0.3) is 5.91 Å². The predicted molar refractivity (Wildman–Crippen MR) is 144 cm³/mol. The van der Waals surface area contributed by atoms with Gasteiger partial charge in [-0.15, -0.1) is 5.10 Å². The number of ether oxygens (including phenoxy) is 6. The third-order valence-electron chi connectivity index (χ3n) is 8.26. The minimum Gasteiger partial charge on any atom is -0.493 e. The molecule has 216 valence electrons. The van der Waals surface area contributed by atoms with E-state index in [1.807, 2.05) is 38.1 Å². The SMILES string of the molecule is CCN(CC)C(=O)c1cn([C@@H]2c3cc4c(cc3[C@@H](c3cc(OC)c(OC)c(OC)c3)[C@H]3C(=O)OC[C@@H]32)OCO4)nn1. The van der Waals surface area contributed by atoms with E-state index in [0.29, 0.717) is 41.8 Å². The first-order chi connectivity index (χ1) is 19.9. The molecule has 2 aliphatic heterocycles. The van der Waals surface area contributed by atoms with Crippen LogP contribution in [0, 0.1) is 11.8 Å². The molecular formula is C29H32N4O8. The Balaban J connectivity index is 1.54. The number of rotatable bonds is 8. The van der Waals surface area contributed by atoms with E-state index in [-0.39, 0.29) is 36.9 Å². The Morgan fingerprint density at radius 1 is 0.976 bits per heavy atom. The number of aromatic nitrogens is 3. The molecule has 2 aromatic carbocycles. The second-order valence-electron chi connectivity index (χ2n) is 10.1. The zero-order valence-corrected chi connectivity index (χ0v) is 23.6. The molecule has 1 aromatic heterocycles. The Kier molecular flexibility index (Phi) is 6.84. The van der Waals surface area contributed by atoms with Gasteiger partial charge in [-0.1, -0.05) is 5.21 Å². The van der Waals surface area contributed by atoms with Crippen LogP contribution < -0.4 is 23.7 Å². The number of hydrogen-bond acceptors (Lipinski definition) is 10. The molecule has 41 heavy (non-hydrogen) atoms. The molecule has 12 heteroatoms. The highest BCUT2D eigenvalue weighted by Gasteiger charge is 2.53. The van der Waals surface area contributed by atoms with E-state index >= 15 is 0 Å².